The molecule has 6 nitrogen and oxygen atoms in total. The summed E-state index contributed by atoms with van der Waals surface area (Å²) in [6.07, 6.45) is 4.97. The maximum absolute atomic E-state index is 10.8. The molecule has 6 heteroatoms. The molecule has 1 aromatic rings. The van der Waals surface area contributed by atoms with E-state index in [0.717, 1.165) is 32.1 Å². The smallest absolute Gasteiger partial charge is 0.374 e. The molecule has 0 spiro atoms. The maximum atomic E-state index is 10.8. The molecular formula is C11H13NO5. The molecule has 0 atom stereocenters. The summed E-state index contributed by atoms with van der Waals surface area (Å²) < 4.78 is 5.09. The zero-order chi connectivity index (χ0) is 12.4. The van der Waals surface area contributed by atoms with Crippen molar-refractivity contribution in [2.45, 2.75) is 38.0 Å². The normalized spacial score (nSPS) is 16.9. The van der Waals surface area contributed by atoms with Crippen molar-refractivity contribution < 1.29 is 24.2 Å². The Morgan fingerprint density at radius 3 is 2.24 bits per heavy atom. The first-order chi connectivity index (χ1) is 8.09. The van der Waals surface area contributed by atoms with Gasteiger partial charge in [-0.05, 0) is 12.8 Å². The maximum Gasteiger partial charge on any atom is 0.374 e. The Kier molecular flexibility index (Phi) is 3.12. The van der Waals surface area contributed by atoms with Gasteiger partial charge in [-0.2, -0.15) is 0 Å². The summed E-state index contributed by atoms with van der Waals surface area (Å²) in [4.78, 5) is 25.5. The molecule has 1 saturated carbocycles. The highest BCUT2D eigenvalue weighted by Crippen LogP contribution is 2.33. The minimum absolute atomic E-state index is 0.0509. The lowest BCUT2D eigenvalue weighted by Gasteiger charge is -2.17. The largest absolute Gasteiger partial charge is 0.476 e. The van der Waals surface area contributed by atoms with Crippen LogP contribution in [0.3, 0.4) is 0 Å². The second kappa shape index (κ2) is 4.57. The molecule has 1 aromatic heterocycles. The summed E-state index contributed by atoms with van der Waals surface area (Å²) in [5, 5.41) is 17.7. The fourth-order valence-corrected chi connectivity index (χ4v) is 2.15. The molecule has 0 aliphatic heterocycles. The molecule has 1 fully saturated rings. The van der Waals surface area contributed by atoms with Crippen molar-refractivity contribution in [3.05, 3.63) is 17.3 Å². The van der Waals surface area contributed by atoms with Crippen LogP contribution in [0.5, 0.6) is 0 Å². The van der Waals surface area contributed by atoms with Crippen molar-refractivity contribution in [3.8, 4) is 0 Å². The van der Waals surface area contributed by atoms with Crippen molar-refractivity contribution >= 4 is 11.9 Å². The zero-order valence-electron chi connectivity index (χ0n) is 9.18. The fourth-order valence-electron chi connectivity index (χ4n) is 2.15. The van der Waals surface area contributed by atoms with Gasteiger partial charge in [0.25, 0.3) is 0 Å². The Bertz CT molecular complexity index is 413. The molecule has 92 valence electrons. The highest BCUT2D eigenvalue weighted by Gasteiger charge is 2.28. The van der Waals surface area contributed by atoms with Gasteiger partial charge in [0, 0.05) is 5.92 Å². The molecule has 0 bridgehead atoms. The Balaban J connectivity index is 2.32. The predicted octanol–water partition coefficient (Wildman–Crippen LogP) is 2.12. The molecule has 0 unspecified atom stereocenters. The number of carboxylic acid groups (broad SMARTS) is 2. The van der Waals surface area contributed by atoms with E-state index in [1.54, 1.807) is 0 Å². The van der Waals surface area contributed by atoms with Crippen LogP contribution >= 0.6 is 0 Å². The first kappa shape index (κ1) is 11.6. The second-order valence-corrected chi connectivity index (χ2v) is 4.18. The van der Waals surface area contributed by atoms with Gasteiger partial charge in [0.05, 0.1) is 0 Å². The van der Waals surface area contributed by atoms with E-state index >= 15 is 0 Å². The van der Waals surface area contributed by atoms with Crippen molar-refractivity contribution in [3.63, 3.8) is 0 Å². The number of nitrogens with zero attached hydrogens (tertiary/aromatic N) is 1. The number of carboxylic acids is 2. The number of oxazole rings is 1. The van der Waals surface area contributed by atoms with Crippen molar-refractivity contribution in [2.24, 2.45) is 0 Å². The lowest BCUT2D eigenvalue weighted by atomic mass is 9.89. The summed E-state index contributed by atoms with van der Waals surface area (Å²) in [5.41, 5.74) is -0.502. The molecule has 0 amide bonds. The molecule has 1 aliphatic rings. The summed E-state index contributed by atoms with van der Waals surface area (Å²) in [6, 6.07) is 0. The Hall–Kier alpha value is -1.85. The summed E-state index contributed by atoms with van der Waals surface area (Å²) in [7, 11) is 0. The van der Waals surface area contributed by atoms with Gasteiger partial charge in [-0.25, -0.2) is 14.6 Å². The number of hydrogen-bond acceptors (Lipinski definition) is 4. The third kappa shape index (κ3) is 2.30. The molecule has 0 radical (unpaired) electrons. The average molecular weight is 239 g/mol. The fraction of sp³-hybridized carbons (Fsp3) is 0.545. The minimum Gasteiger partial charge on any atom is -0.476 e. The number of rotatable bonds is 3. The van der Waals surface area contributed by atoms with E-state index in [1.807, 2.05) is 0 Å². The third-order valence-electron chi connectivity index (χ3n) is 2.99. The van der Waals surface area contributed by atoms with E-state index in [4.69, 9.17) is 14.6 Å². The van der Waals surface area contributed by atoms with Crippen LogP contribution in [0, 0.1) is 0 Å². The molecule has 0 aromatic carbocycles. The minimum atomic E-state index is -1.39. The average Bonchev–Trinajstić information content (AvgIpc) is 2.75. The number of aromatic nitrogens is 1. The summed E-state index contributed by atoms with van der Waals surface area (Å²) >= 11 is 0. The molecule has 1 aliphatic carbocycles. The molecular weight excluding hydrogens is 226 g/mol. The van der Waals surface area contributed by atoms with Gasteiger partial charge in [0.15, 0.2) is 5.89 Å². The Morgan fingerprint density at radius 1 is 1.12 bits per heavy atom. The van der Waals surface area contributed by atoms with Gasteiger partial charge in [0.1, 0.15) is 0 Å². The van der Waals surface area contributed by atoms with Crippen LogP contribution in [0.2, 0.25) is 0 Å². The molecule has 1 heterocycles. The standard InChI is InChI=1S/C11H13NO5/c13-10(14)7-8(11(15)16)17-9(12-7)6-4-2-1-3-5-6/h6H,1-5H2,(H,13,14)(H,15,16). The number of aromatic carboxylic acids is 2. The number of hydrogen-bond donors (Lipinski definition) is 2. The van der Waals surface area contributed by atoms with Crippen molar-refractivity contribution in [1.82, 2.24) is 4.98 Å². The lowest BCUT2D eigenvalue weighted by molar-refractivity contribution is 0.0622. The van der Waals surface area contributed by atoms with Crippen LogP contribution < -0.4 is 0 Å². The van der Waals surface area contributed by atoms with Gasteiger partial charge < -0.3 is 14.6 Å². The van der Waals surface area contributed by atoms with Crippen LogP contribution in [-0.2, 0) is 0 Å². The SMILES string of the molecule is O=C(O)c1nc(C2CCCCC2)oc1C(=O)O. The van der Waals surface area contributed by atoms with E-state index in [2.05, 4.69) is 4.98 Å². The van der Waals surface area contributed by atoms with Crippen LogP contribution in [0.15, 0.2) is 4.42 Å². The van der Waals surface area contributed by atoms with Crippen LogP contribution in [0.25, 0.3) is 0 Å². The highest BCUT2D eigenvalue weighted by atomic mass is 16.4. The predicted molar refractivity (Wildman–Crippen MR) is 56.2 cm³/mol. The van der Waals surface area contributed by atoms with E-state index in [0.29, 0.717) is 0 Å². The monoisotopic (exact) mass is 239 g/mol. The van der Waals surface area contributed by atoms with E-state index < -0.39 is 23.4 Å². The zero-order valence-corrected chi connectivity index (χ0v) is 9.18. The summed E-state index contributed by atoms with van der Waals surface area (Å²) in [5.74, 6) is -3.03. The lowest BCUT2D eigenvalue weighted by Crippen LogP contribution is -2.06. The molecule has 0 saturated heterocycles. The van der Waals surface area contributed by atoms with Crippen LogP contribution in [-0.4, -0.2) is 27.1 Å². The van der Waals surface area contributed by atoms with Crippen LogP contribution in [0.1, 0.15) is 65.0 Å². The molecule has 17 heavy (non-hydrogen) atoms. The second-order valence-electron chi connectivity index (χ2n) is 4.18. The third-order valence-corrected chi connectivity index (χ3v) is 2.99. The highest BCUT2D eigenvalue weighted by molar-refractivity contribution is 5.98. The van der Waals surface area contributed by atoms with Crippen LogP contribution in [0.4, 0.5) is 0 Å². The quantitative estimate of drug-likeness (QED) is 0.837. The van der Waals surface area contributed by atoms with E-state index in [1.165, 1.54) is 0 Å². The van der Waals surface area contributed by atoms with Gasteiger partial charge in [-0.15, -0.1) is 0 Å². The van der Waals surface area contributed by atoms with Gasteiger partial charge in [0.2, 0.25) is 11.5 Å². The summed E-state index contributed by atoms with van der Waals surface area (Å²) in [6.45, 7) is 0. The van der Waals surface area contributed by atoms with Gasteiger partial charge in [-0.1, -0.05) is 19.3 Å². The Morgan fingerprint density at radius 2 is 1.76 bits per heavy atom. The van der Waals surface area contributed by atoms with Gasteiger partial charge >= 0.3 is 11.9 Å². The Labute approximate surface area is 97.3 Å². The first-order valence-corrected chi connectivity index (χ1v) is 5.57. The molecule has 2 rings (SSSR count). The molecule has 2 N–H and O–H groups in total. The van der Waals surface area contributed by atoms with Crippen molar-refractivity contribution in [2.75, 3.05) is 0 Å². The topological polar surface area (TPSA) is 101 Å². The van der Waals surface area contributed by atoms with Crippen molar-refractivity contribution in [1.29, 1.82) is 0 Å². The van der Waals surface area contributed by atoms with Gasteiger partial charge in [-0.3, -0.25) is 0 Å². The van der Waals surface area contributed by atoms with E-state index in [-0.39, 0.29) is 11.8 Å². The number of carbonyl (C=O) groups is 2. The van der Waals surface area contributed by atoms with E-state index in [9.17, 15) is 9.59 Å². The first-order valence-electron chi connectivity index (χ1n) is 5.57.